The van der Waals surface area contributed by atoms with E-state index in [4.69, 9.17) is 4.74 Å². The molecule has 0 saturated heterocycles. The Bertz CT molecular complexity index is 698. The number of ketones is 1. The highest BCUT2D eigenvalue weighted by atomic mass is 79.9. The lowest BCUT2D eigenvalue weighted by Crippen LogP contribution is -2.31. The smallest absolute Gasteiger partial charge is 0.258 e. The minimum absolute atomic E-state index is 0.00319. The lowest BCUT2D eigenvalue weighted by atomic mass is 10.1. The largest absolute Gasteiger partial charge is 0.484 e. The highest BCUT2D eigenvalue weighted by Crippen LogP contribution is 2.22. The zero-order valence-corrected chi connectivity index (χ0v) is 14.6. The highest BCUT2D eigenvalue weighted by Gasteiger charge is 2.12. The number of carbonyl (C=O) groups excluding carboxylic acids is 2. The van der Waals surface area contributed by atoms with E-state index in [0.717, 1.165) is 10.0 Å². The maximum atomic E-state index is 12.0. The van der Waals surface area contributed by atoms with E-state index in [1.807, 2.05) is 31.2 Å². The van der Waals surface area contributed by atoms with Crippen molar-refractivity contribution in [1.82, 2.24) is 5.32 Å². The summed E-state index contributed by atoms with van der Waals surface area (Å²) in [6.07, 6.45) is 0. The maximum Gasteiger partial charge on any atom is 0.258 e. The summed E-state index contributed by atoms with van der Waals surface area (Å²) < 4.78 is 6.39. The topological polar surface area (TPSA) is 55.4 Å². The number of hydrogen-bond acceptors (Lipinski definition) is 3. The molecular formula is C18H18BrNO3. The van der Waals surface area contributed by atoms with E-state index in [2.05, 4.69) is 21.2 Å². The van der Waals surface area contributed by atoms with Gasteiger partial charge in [-0.1, -0.05) is 34.1 Å². The van der Waals surface area contributed by atoms with E-state index < -0.39 is 0 Å². The van der Waals surface area contributed by atoms with Crippen LogP contribution < -0.4 is 10.1 Å². The summed E-state index contributed by atoms with van der Waals surface area (Å²) >= 11 is 3.47. The van der Waals surface area contributed by atoms with E-state index in [-0.39, 0.29) is 24.3 Å². The van der Waals surface area contributed by atoms with Gasteiger partial charge in [0.2, 0.25) is 0 Å². The molecule has 2 rings (SSSR count). The number of carbonyl (C=O) groups is 2. The van der Waals surface area contributed by atoms with E-state index >= 15 is 0 Å². The molecule has 0 bridgehead atoms. The predicted octanol–water partition coefficient (Wildman–Crippen LogP) is 3.91. The number of hydrogen-bond donors (Lipinski definition) is 1. The third-order valence-electron chi connectivity index (χ3n) is 3.38. The van der Waals surface area contributed by atoms with Gasteiger partial charge in [0.15, 0.2) is 12.4 Å². The molecule has 1 unspecified atom stereocenters. The van der Waals surface area contributed by atoms with Gasteiger partial charge in [0.1, 0.15) is 5.75 Å². The average Bonchev–Trinajstić information content (AvgIpc) is 2.53. The number of nitrogens with one attached hydrogen (secondary N) is 1. The number of ether oxygens (including phenoxy) is 1. The summed E-state index contributed by atoms with van der Waals surface area (Å²) in [6.45, 7) is 3.35. The van der Waals surface area contributed by atoms with Crippen LogP contribution >= 0.6 is 15.9 Å². The Morgan fingerprint density at radius 2 is 1.78 bits per heavy atom. The standard InChI is InChI=1S/C18H18BrNO3/c1-12(16-5-3-4-6-17(16)19)20-18(22)11-23-15-9-7-14(8-10-15)13(2)21/h3-10,12H,11H2,1-2H3,(H,20,22). The minimum Gasteiger partial charge on any atom is -0.484 e. The van der Waals surface area contributed by atoms with Crippen molar-refractivity contribution < 1.29 is 14.3 Å². The van der Waals surface area contributed by atoms with Crippen LogP contribution in [0, 0.1) is 0 Å². The van der Waals surface area contributed by atoms with E-state index in [0.29, 0.717) is 11.3 Å². The second-order valence-corrected chi connectivity index (χ2v) is 6.03. The van der Waals surface area contributed by atoms with Crippen LogP contribution in [0.15, 0.2) is 53.0 Å². The summed E-state index contributed by atoms with van der Waals surface area (Å²) in [4.78, 5) is 23.2. The van der Waals surface area contributed by atoms with Gasteiger partial charge in [-0.15, -0.1) is 0 Å². The van der Waals surface area contributed by atoms with Crippen LogP contribution in [-0.2, 0) is 4.79 Å². The van der Waals surface area contributed by atoms with Crippen molar-refractivity contribution >= 4 is 27.6 Å². The third kappa shape index (κ3) is 4.93. The SMILES string of the molecule is CC(=O)c1ccc(OCC(=O)NC(C)c2ccccc2Br)cc1. The molecule has 5 heteroatoms. The van der Waals surface area contributed by atoms with Gasteiger partial charge >= 0.3 is 0 Å². The maximum absolute atomic E-state index is 12.0. The fourth-order valence-electron chi connectivity index (χ4n) is 2.12. The van der Waals surface area contributed by atoms with Crippen molar-refractivity contribution in [1.29, 1.82) is 0 Å². The van der Waals surface area contributed by atoms with Crippen molar-refractivity contribution in [2.45, 2.75) is 19.9 Å². The Kier molecular flexibility index (Phi) is 5.93. The summed E-state index contributed by atoms with van der Waals surface area (Å²) in [5, 5.41) is 2.89. The molecule has 120 valence electrons. The zero-order chi connectivity index (χ0) is 16.8. The Balaban J connectivity index is 1.87. The molecule has 2 aromatic carbocycles. The monoisotopic (exact) mass is 375 g/mol. The van der Waals surface area contributed by atoms with E-state index in [9.17, 15) is 9.59 Å². The predicted molar refractivity (Wildman–Crippen MR) is 92.6 cm³/mol. The third-order valence-corrected chi connectivity index (χ3v) is 4.10. The van der Waals surface area contributed by atoms with E-state index in [1.54, 1.807) is 24.3 Å². The van der Waals surface area contributed by atoms with Gasteiger partial charge in [0.25, 0.3) is 5.91 Å². The first-order chi connectivity index (χ1) is 11.0. The van der Waals surface area contributed by atoms with E-state index in [1.165, 1.54) is 6.92 Å². The fraction of sp³-hybridized carbons (Fsp3) is 0.222. The van der Waals surface area contributed by atoms with Crippen molar-refractivity contribution in [3.63, 3.8) is 0 Å². The summed E-state index contributed by atoms with van der Waals surface area (Å²) in [5.74, 6) is 0.346. The molecule has 23 heavy (non-hydrogen) atoms. The number of halogens is 1. The van der Waals surface area contributed by atoms with Gasteiger partial charge < -0.3 is 10.1 Å². The zero-order valence-electron chi connectivity index (χ0n) is 13.0. The van der Waals surface area contributed by atoms with Crippen LogP contribution in [0.2, 0.25) is 0 Å². The molecular weight excluding hydrogens is 358 g/mol. The molecule has 0 spiro atoms. The van der Waals surface area contributed by atoms with Gasteiger partial charge in [-0.2, -0.15) is 0 Å². The Labute approximate surface area is 144 Å². The number of benzene rings is 2. The van der Waals surface area contributed by atoms with Crippen molar-refractivity contribution in [2.24, 2.45) is 0 Å². The molecule has 0 aliphatic heterocycles. The molecule has 0 heterocycles. The first kappa shape index (κ1) is 17.2. The van der Waals surface area contributed by atoms with Gasteiger partial charge in [0, 0.05) is 10.0 Å². The summed E-state index contributed by atoms with van der Waals surface area (Å²) in [5.41, 5.74) is 1.62. The summed E-state index contributed by atoms with van der Waals surface area (Å²) in [7, 11) is 0. The first-order valence-electron chi connectivity index (χ1n) is 7.25. The van der Waals surface area contributed by atoms with Crippen LogP contribution in [0.4, 0.5) is 0 Å². The Morgan fingerprint density at radius 1 is 1.13 bits per heavy atom. The molecule has 4 nitrogen and oxygen atoms in total. The van der Waals surface area contributed by atoms with Gasteiger partial charge in [-0.25, -0.2) is 0 Å². The number of rotatable bonds is 6. The molecule has 0 aliphatic rings. The van der Waals surface area contributed by atoms with Gasteiger partial charge in [-0.05, 0) is 49.7 Å². The molecule has 0 radical (unpaired) electrons. The molecule has 0 fully saturated rings. The Hall–Kier alpha value is -2.14. The second kappa shape index (κ2) is 7.92. The fourth-order valence-corrected chi connectivity index (χ4v) is 2.75. The quantitative estimate of drug-likeness (QED) is 0.778. The van der Waals surface area contributed by atoms with Crippen molar-refractivity contribution in [3.05, 3.63) is 64.1 Å². The highest BCUT2D eigenvalue weighted by molar-refractivity contribution is 9.10. The minimum atomic E-state index is -0.205. The van der Waals surface area contributed by atoms with Crippen LogP contribution in [0.1, 0.15) is 35.8 Å². The van der Waals surface area contributed by atoms with Crippen molar-refractivity contribution in [3.8, 4) is 5.75 Å². The van der Waals surface area contributed by atoms with Crippen molar-refractivity contribution in [2.75, 3.05) is 6.61 Å². The lowest BCUT2D eigenvalue weighted by Gasteiger charge is -2.16. The number of Topliss-reactive ketones (excluding diaryl/α,β-unsaturated/α-hetero) is 1. The number of amides is 1. The van der Waals surface area contributed by atoms with Gasteiger partial charge in [0.05, 0.1) is 6.04 Å². The average molecular weight is 376 g/mol. The first-order valence-corrected chi connectivity index (χ1v) is 8.04. The second-order valence-electron chi connectivity index (χ2n) is 5.18. The molecule has 0 aliphatic carbocycles. The normalized spacial score (nSPS) is 11.6. The van der Waals surface area contributed by atoms with Crippen LogP contribution in [0.3, 0.4) is 0 Å². The Morgan fingerprint density at radius 3 is 2.39 bits per heavy atom. The van der Waals surface area contributed by atoms with Crippen LogP contribution in [0.5, 0.6) is 5.75 Å². The van der Waals surface area contributed by atoms with Crippen LogP contribution in [0.25, 0.3) is 0 Å². The molecule has 1 N–H and O–H groups in total. The molecule has 1 atom stereocenters. The molecule has 2 aromatic rings. The van der Waals surface area contributed by atoms with Gasteiger partial charge in [-0.3, -0.25) is 9.59 Å². The molecule has 0 aromatic heterocycles. The molecule has 0 saturated carbocycles. The molecule has 1 amide bonds. The van der Waals surface area contributed by atoms with Crippen LogP contribution in [-0.4, -0.2) is 18.3 Å². The lowest BCUT2D eigenvalue weighted by molar-refractivity contribution is -0.123. The summed E-state index contributed by atoms with van der Waals surface area (Å²) in [6, 6.07) is 14.3.